The van der Waals surface area contributed by atoms with Crippen molar-refractivity contribution in [1.82, 2.24) is 25.1 Å². The Hall–Kier alpha value is -2.10. The van der Waals surface area contributed by atoms with E-state index in [0.29, 0.717) is 11.0 Å². The molecule has 0 spiro atoms. The van der Waals surface area contributed by atoms with Crippen LogP contribution < -0.4 is 5.32 Å². The number of nitrogens with zero attached hydrogens (tertiary/aromatic N) is 4. The average molecular weight is 331 g/mol. The maximum Gasteiger partial charge on any atom is 0.405 e. The number of alkyl halides is 3. The molecule has 0 aromatic carbocycles. The summed E-state index contributed by atoms with van der Waals surface area (Å²) in [4.78, 5) is 15.3. The summed E-state index contributed by atoms with van der Waals surface area (Å²) < 4.78 is 37.6. The number of nitrogens with one attached hydrogen (secondary N) is 1. The van der Waals surface area contributed by atoms with Crippen molar-refractivity contribution in [2.45, 2.75) is 11.3 Å². The van der Waals surface area contributed by atoms with Crippen LogP contribution in [0.3, 0.4) is 0 Å². The third kappa shape index (κ3) is 4.45. The number of halogens is 3. The zero-order chi connectivity index (χ0) is 16.2. The van der Waals surface area contributed by atoms with Crippen molar-refractivity contribution in [1.29, 1.82) is 0 Å². The van der Waals surface area contributed by atoms with Crippen LogP contribution >= 0.6 is 11.8 Å². The summed E-state index contributed by atoms with van der Waals surface area (Å²) in [6.07, 6.45) is -1.17. The highest BCUT2D eigenvalue weighted by Gasteiger charge is 2.27. The maximum atomic E-state index is 12.0. The molecule has 0 unspecified atom stereocenters. The minimum absolute atomic E-state index is 0.172. The molecule has 0 aliphatic carbocycles. The van der Waals surface area contributed by atoms with Crippen molar-refractivity contribution in [2.75, 3.05) is 12.3 Å². The van der Waals surface area contributed by atoms with E-state index in [9.17, 15) is 18.0 Å². The molecular weight excluding hydrogens is 319 g/mol. The van der Waals surface area contributed by atoms with E-state index >= 15 is 0 Å². The van der Waals surface area contributed by atoms with Gasteiger partial charge < -0.3 is 9.88 Å². The van der Waals surface area contributed by atoms with Crippen LogP contribution in [0.2, 0.25) is 0 Å². The number of hydrogen-bond acceptors (Lipinski definition) is 5. The van der Waals surface area contributed by atoms with E-state index in [1.807, 2.05) is 6.07 Å². The first-order valence-electron chi connectivity index (χ1n) is 6.13. The lowest BCUT2D eigenvalue weighted by molar-refractivity contribution is -0.136. The second kappa shape index (κ2) is 6.77. The Morgan fingerprint density at radius 3 is 2.82 bits per heavy atom. The second-order valence-corrected chi connectivity index (χ2v) is 5.23. The molecule has 2 rings (SSSR count). The Balaban J connectivity index is 1.95. The lowest BCUT2D eigenvalue weighted by Crippen LogP contribution is -2.34. The van der Waals surface area contributed by atoms with Gasteiger partial charge in [-0.25, -0.2) is 0 Å². The first-order chi connectivity index (χ1) is 10.4. The molecule has 1 amide bonds. The molecular formula is C12H12F3N5OS. The zero-order valence-corrected chi connectivity index (χ0v) is 12.3. The molecule has 0 saturated heterocycles. The SMILES string of the molecule is Cn1c(SCC(=O)NCC(F)(F)F)nnc1-c1cccnc1. The Bertz CT molecular complexity index is 644. The van der Waals surface area contributed by atoms with Gasteiger partial charge in [0, 0.05) is 25.0 Å². The molecule has 0 aliphatic heterocycles. The smallest absolute Gasteiger partial charge is 0.346 e. The Morgan fingerprint density at radius 2 is 2.18 bits per heavy atom. The van der Waals surface area contributed by atoms with Gasteiger partial charge >= 0.3 is 6.18 Å². The zero-order valence-electron chi connectivity index (χ0n) is 11.5. The van der Waals surface area contributed by atoms with Gasteiger partial charge in [0.15, 0.2) is 11.0 Å². The van der Waals surface area contributed by atoms with Gasteiger partial charge in [-0.05, 0) is 12.1 Å². The van der Waals surface area contributed by atoms with Crippen LogP contribution in [0.25, 0.3) is 11.4 Å². The van der Waals surface area contributed by atoms with Gasteiger partial charge in [-0.2, -0.15) is 13.2 Å². The molecule has 1 N–H and O–H groups in total. The van der Waals surface area contributed by atoms with Crippen LogP contribution in [-0.4, -0.2) is 44.1 Å². The average Bonchev–Trinajstić information content (AvgIpc) is 2.84. The fourth-order valence-corrected chi connectivity index (χ4v) is 2.31. The number of amides is 1. The number of pyridine rings is 1. The highest BCUT2D eigenvalue weighted by molar-refractivity contribution is 7.99. The molecule has 10 heteroatoms. The molecule has 0 atom stereocenters. The fourth-order valence-electron chi connectivity index (χ4n) is 1.57. The molecule has 0 fully saturated rings. The summed E-state index contributed by atoms with van der Waals surface area (Å²) in [5.41, 5.74) is 0.755. The van der Waals surface area contributed by atoms with Crippen LogP contribution in [0.1, 0.15) is 0 Å². The van der Waals surface area contributed by atoms with Crippen LogP contribution in [0.4, 0.5) is 13.2 Å². The van der Waals surface area contributed by atoms with Gasteiger partial charge in [0.05, 0.1) is 5.75 Å². The van der Waals surface area contributed by atoms with Gasteiger partial charge in [-0.1, -0.05) is 11.8 Å². The molecule has 6 nitrogen and oxygen atoms in total. The molecule has 2 heterocycles. The number of rotatable bonds is 5. The van der Waals surface area contributed by atoms with E-state index in [-0.39, 0.29) is 5.75 Å². The van der Waals surface area contributed by atoms with E-state index < -0.39 is 18.6 Å². The van der Waals surface area contributed by atoms with Crippen LogP contribution in [0, 0.1) is 0 Å². The van der Waals surface area contributed by atoms with Gasteiger partial charge in [0.25, 0.3) is 0 Å². The summed E-state index contributed by atoms with van der Waals surface area (Å²) >= 11 is 1.01. The summed E-state index contributed by atoms with van der Waals surface area (Å²) in [5, 5.41) is 10.1. The van der Waals surface area contributed by atoms with Crippen molar-refractivity contribution in [2.24, 2.45) is 7.05 Å². The normalized spacial score (nSPS) is 11.5. The van der Waals surface area contributed by atoms with Gasteiger partial charge in [-0.15, -0.1) is 10.2 Å². The highest BCUT2D eigenvalue weighted by Crippen LogP contribution is 2.21. The van der Waals surface area contributed by atoms with Crippen molar-refractivity contribution >= 4 is 17.7 Å². The van der Waals surface area contributed by atoms with Gasteiger partial charge in [0.1, 0.15) is 6.54 Å². The van der Waals surface area contributed by atoms with E-state index in [0.717, 1.165) is 17.3 Å². The molecule has 0 aliphatic rings. The quantitative estimate of drug-likeness (QED) is 0.844. The first kappa shape index (κ1) is 16.3. The molecule has 0 saturated carbocycles. The Kier molecular flexibility index (Phi) is 5.01. The van der Waals surface area contributed by atoms with Gasteiger partial charge in [-0.3, -0.25) is 9.78 Å². The lowest BCUT2D eigenvalue weighted by atomic mass is 10.3. The topological polar surface area (TPSA) is 72.7 Å². The van der Waals surface area contributed by atoms with Crippen molar-refractivity contribution in [3.8, 4) is 11.4 Å². The summed E-state index contributed by atoms with van der Waals surface area (Å²) in [7, 11) is 1.71. The van der Waals surface area contributed by atoms with E-state index in [2.05, 4.69) is 15.2 Å². The van der Waals surface area contributed by atoms with Crippen LogP contribution in [0.15, 0.2) is 29.7 Å². The van der Waals surface area contributed by atoms with E-state index in [4.69, 9.17) is 0 Å². The highest BCUT2D eigenvalue weighted by atomic mass is 32.2. The maximum absolute atomic E-state index is 12.0. The third-order valence-electron chi connectivity index (χ3n) is 2.57. The molecule has 118 valence electrons. The lowest BCUT2D eigenvalue weighted by Gasteiger charge is -2.08. The number of thioether (sulfide) groups is 1. The molecule has 22 heavy (non-hydrogen) atoms. The van der Waals surface area contributed by atoms with Crippen molar-refractivity contribution in [3.05, 3.63) is 24.5 Å². The molecule has 2 aromatic heterocycles. The number of aromatic nitrogens is 4. The van der Waals surface area contributed by atoms with Crippen LogP contribution in [-0.2, 0) is 11.8 Å². The molecule has 0 bridgehead atoms. The van der Waals surface area contributed by atoms with Crippen molar-refractivity contribution < 1.29 is 18.0 Å². The summed E-state index contributed by atoms with van der Waals surface area (Å²) in [6, 6.07) is 3.56. The predicted octanol–water partition coefficient (Wildman–Crippen LogP) is 1.65. The Labute approximate surface area is 128 Å². The minimum atomic E-state index is -4.42. The predicted molar refractivity (Wildman–Crippen MR) is 74.0 cm³/mol. The minimum Gasteiger partial charge on any atom is -0.346 e. The summed E-state index contributed by atoms with van der Waals surface area (Å²) in [5.74, 6) is -0.325. The van der Waals surface area contributed by atoms with Gasteiger partial charge in [0.2, 0.25) is 5.91 Å². The number of hydrogen-bond donors (Lipinski definition) is 1. The Morgan fingerprint density at radius 1 is 1.41 bits per heavy atom. The standard InChI is InChI=1S/C12H12F3N5OS/c1-20-10(8-3-2-4-16-5-8)18-19-11(20)22-6-9(21)17-7-12(13,14)15/h2-5H,6-7H2,1H3,(H,17,21). The van der Waals surface area contributed by atoms with E-state index in [1.54, 1.807) is 35.4 Å². The number of carbonyl (C=O) groups is 1. The first-order valence-corrected chi connectivity index (χ1v) is 7.11. The van der Waals surface area contributed by atoms with Crippen LogP contribution in [0.5, 0.6) is 0 Å². The molecule has 2 aromatic rings. The van der Waals surface area contributed by atoms with E-state index in [1.165, 1.54) is 0 Å². The largest absolute Gasteiger partial charge is 0.405 e. The van der Waals surface area contributed by atoms with Crippen molar-refractivity contribution in [3.63, 3.8) is 0 Å². The monoisotopic (exact) mass is 331 g/mol. The summed E-state index contributed by atoms with van der Waals surface area (Å²) in [6.45, 7) is -1.34. The fraction of sp³-hybridized carbons (Fsp3) is 0.333. The third-order valence-corrected chi connectivity index (χ3v) is 3.59. The molecule has 0 radical (unpaired) electrons. The second-order valence-electron chi connectivity index (χ2n) is 4.29. The number of carbonyl (C=O) groups excluding carboxylic acids is 1.